The van der Waals surface area contributed by atoms with Gasteiger partial charge in [-0.15, -0.1) is 11.3 Å². The van der Waals surface area contributed by atoms with E-state index in [0.29, 0.717) is 0 Å². The Kier molecular flexibility index (Phi) is 3.54. The fraction of sp³-hybridized carbons (Fsp3) is 0.250. The summed E-state index contributed by atoms with van der Waals surface area (Å²) in [7, 11) is 2.04. The van der Waals surface area contributed by atoms with Crippen LogP contribution in [0.25, 0.3) is 0 Å². The van der Waals surface area contributed by atoms with Crippen LogP contribution >= 0.6 is 11.3 Å². The third kappa shape index (κ3) is 2.59. The van der Waals surface area contributed by atoms with Crippen LogP contribution in [-0.2, 0) is 13.2 Å². The van der Waals surface area contributed by atoms with Crippen LogP contribution in [0.5, 0.6) is 0 Å². The monoisotopic (exact) mass is 234 g/mol. The Hall–Kier alpha value is -1.39. The third-order valence-electron chi connectivity index (χ3n) is 2.44. The van der Waals surface area contributed by atoms with Crippen LogP contribution in [-0.4, -0.2) is 17.1 Å². The van der Waals surface area contributed by atoms with Crippen molar-refractivity contribution in [3.63, 3.8) is 0 Å². The summed E-state index contributed by atoms with van der Waals surface area (Å²) in [5.41, 5.74) is 4.99. The molecule has 84 valence electrons. The molecule has 0 fully saturated rings. The van der Waals surface area contributed by atoms with Crippen molar-refractivity contribution in [3.8, 4) is 0 Å². The molecule has 1 N–H and O–H groups in total. The van der Waals surface area contributed by atoms with Crippen molar-refractivity contribution in [2.24, 2.45) is 0 Å². The van der Waals surface area contributed by atoms with Crippen molar-refractivity contribution in [3.05, 3.63) is 46.4 Å². The molecule has 0 aliphatic carbocycles. The Bertz CT molecular complexity index is 425. The maximum absolute atomic E-state index is 8.95. The zero-order valence-electron chi connectivity index (χ0n) is 9.13. The van der Waals surface area contributed by atoms with Crippen LogP contribution in [0.3, 0.4) is 0 Å². The molecule has 16 heavy (non-hydrogen) atoms. The highest BCUT2D eigenvalue weighted by molar-refractivity contribution is 7.07. The van der Waals surface area contributed by atoms with E-state index in [0.717, 1.165) is 23.5 Å². The number of aromatic nitrogens is 1. The Morgan fingerprint density at radius 3 is 2.62 bits per heavy atom. The number of hydrogen-bond donors (Lipinski definition) is 1. The molecule has 1 heterocycles. The fourth-order valence-electron chi connectivity index (χ4n) is 1.51. The van der Waals surface area contributed by atoms with E-state index in [-0.39, 0.29) is 6.61 Å². The molecule has 0 radical (unpaired) electrons. The van der Waals surface area contributed by atoms with Crippen LogP contribution in [0.1, 0.15) is 11.3 Å². The zero-order chi connectivity index (χ0) is 11.4. The van der Waals surface area contributed by atoms with Crippen molar-refractivity contribution in [1.82, 2.24) is 4.98 Å². The SMILES string of the molecule is CN(Cc1cscn1)c1ccc(CO)cc1. The van der Waals surface area contributed by atoms with E-state index in [1.807, 2.05) is 36.8 Å². The second kappa shape index (κ2) is 5.09. The maximum Gasteiger partial charge on any atom is 0.0795 e. The summed E-state index contributed by atoms with van der Waals surface area (Å²) in [6.45, 7) is 0.901. The number of aliphatic hydroxyl groups excluding tert-OH is 1. The molecule has 0 aliphatic rings. The van der Waals surface area contributed by atoms with Crippen LogP contribution < -0.4 is 4.90 Å². The van der Waals surface area contributed by atoms with Gasteiger partial charge in [0, 0.05) is 18.1 Å². The summed E-state index contributed by atoms with van der Waals surface area (Å²) < 4.78 is 0. The van der Waals surface area contributed by atoms with Gasteiger partial charge in [-0.05, 0) is 17.7 Å². The molecule has 2 aromatic rings. The largest absolute Gasteiger partial charge is 0.392 e. The van der Waals surface area contributed by atoms with Crippen molar-refractivity contribution < 1.29 is 5.11 Å². The van der Waals surface area contributed by atoms with E-state index in [2.05, 4.69) is 15.3 Å². The van der Waals surface area contributed by atoms with Gasteiger partial charge in [-0.3, -0.25) is 0 Å². The molecule has 0 bridgehead atoms. The Labute approximate surface area is 99.0 Å². The summed E-state index contributed by atoms with van der Waals surface area (Å²) in [5.74, 6) is 0. The molecule has 0 unspecified atom stereocenters. The van der Waals surface area contributed by atoms with E-state index in [9.17, 15) is 0 Å². The summed E-state index contributed by atoms with van der Waals surface area (Å²) >= 11 is 1.61. The normalized spacial score (nSPS) is 10.4. The number of rotatable bonds is 4. The molecule has 0 amide bonds. The van der Waals surface area contributed by atoms with E-state index >= 15 is 0 Å². The average Bonchev–Trinajstić information content (AvgIpc) is 2.82. The quantitative estimate of drug-likeness (QED) is 0.881. The molecular weight excluding hydrogens is 220 g/mol. The van der Waals surface area contributed by atoms with E-state index in [1.54, 1.807) is 11.3 Å². The molecule has 0 spiro atoms. The van der Waals surface area contributed by atoms with Crippen LogP contribution in [0.4, 0.5) is 5.69 Å². The standard InChI is InChI=1S/C12H14N2OS/c1-14(6-11-8-16-9-13-11)12-4-2-10(7-15)3-5-12/h2-5,8-9,15H,6-7H2,1H3. The Morgan fingerprint density at radius 1 is 1.31 bits per heavy atom. The lowest BCUT2D eigenvalue weighted by atomic mass is 10.2. The highest BCUT2D eigenvalue weighted by Crippen LogP contribution is 2.16. The first-order chi connectivity index (χ1) is 7.79. The number of hydrogen-bond acceptors (Lipinski definition) is 4. The number of aliphatic hydroxyl groups is 1. The van der Waals surface area contributed by atoms with Crippen molar-refractivity contribution in [2.45, 2.75) is 13.2 Å². The topological polar surface area (TPSA) is 36.4 Å². The smallest absolute Gasteiger partial charge is 0.0795 e. The van der Waals surface area contributed by atoms with E-state index < -0.39 is 0 Å². The lowest BCUT2D eigenvalue weighted by molar-refractivity contribution is 0.282. The maximum atomic E-state index is 8.95. The predicted octanol–water partition coefficient (Wildman–Crippen LogP) is 2.27. The first kappa shape index (κ1) is 11.1. The first-order valence-corrected chi connectivity index (χ1v) is 6.02. The third-order valence-corrected chi connectivity index (χ3v) is 3.08. The Balaban J connectivity index is 2.05. The molecule has 1 aromatic heterocycles. The average molecular weight is 234 g/mol. The zero-order valence-corrected chi connectivity index (χ0v) is 9.94. The van der Waals surface area contributed by atoms with E-state index in [4.69, 9.17) is 5.11 Å². The molecule has 4 heteroatoms. The number of anilines is 1. The van der Waals surface area contributed by atoms with Gasteiger partial charge in [0.05, 0.1) is 24.4 Å². The lowest BCUT2D eigenvalue weighted by Crippen LogP contribution is -2.16. The van der Waals surface area contributed by atoms with Crippen LogP contribution in [0, 0.1) is 0 Å². The molecule has 3 nitrogen and oxygen atoms in total. The minimum atomic E-state index is 0.0933. The minimum Gasteiger partial charge on any atom is -0.392 e. The van der Waals surface area contributed by atoms with Gasteiger partial charge in [0.2, 0.25) is 0 Å². The molecule has 2 rings (SSSR count). The highest BCUT2D eigenvalue weighted by Gasteiger charge is 2.03. The Morgan fingerprint density at radius 2 is 2.06 bits per heavy atom. The van der Waals surface area contributed by atoms with Crippen molar-refractivity contribution >= 4 is 17.0 Å². The van der Waals surface area contributed by atoms with Gasteiger partial charge in [0.25, 0.3) is 0 Å². The van der Waals surface area contributed by atoms with Crippen LogP contribution in [0.15, 0.2) is 35.2 Å². The second-order valence-corrected chi connectivity index (χ2v) is 4.38. The molecule has 0 aliphatic heterocycles. The minimum absolute atomic E-state index is 0.0933. The lowest BCUT2D eigenvalue weighted by Gasteiger charge is -2.18. The predicted molar refractivity (Wildman–Crippen MR) is 66.6 cm³/mol. The summed E-state index contributed by atoms with van der Waals surface area (Å²) in [5, 5.41) is 11.0. The molecular formula is C12H14N2OS. The summed E-state index contributed by atoms with van der Waals surface area (Å²) in [6, 6.07) is 7.90. The number of nitrogens with zero attached hydrogens (tertiary/aromatic N) is 2. The molecule has 0 atom stereocenters. The molecule has 0 saturated carbocycles. The highest BCUT2D eigenvalue weighted by atomic mass is 32.1. The summed E-state index contributed by atoms with van der Waals surface area (Å²) in [4.78, 5) is 6.39. The van der Waals surface area contributed by atoms with Gasteiger partial charge in [-0.25, -0.2) is 4.98 Å². The fourth-order valence-corrected chi connectivity index (χ4v) is 2.06. The van der Waals surface area contributed by atoms with Gasteiger partial charge < -0.3 is 10.0 Å². The van der Waals surface area contributed by atoms with Gasteiger partial charge >= 0.3 is 0 Å². The van der Waals surface area contributed by atoms with Crippen molar-refractivity contribution in [1.29, 1.82) is 0 Å². The molecule has 0 saturated heterocycles. The van der Waals surface area contributed by atoms with Gasteiger partial charge in [0.15, 0.2) is 0 Å². The van der Waals surface area contributed by atoms with E-state index in [1.165, 1.54) is 0 Å². The van der Waals surface area contributed by atoms with Crippen LogP contribution in [0.2, 0.25) is 0 Å². The number of benzene rings is 1. The number of thiazole rings is 1. The summed E-state index contributed by atoms with van der Waals surface area (Å²) in [6.07, 6.45) is 0. The van der Waals surface area contributed by atoms with Gasteiger partial charge in [0.1, 0.15) is 0 Å². The van der Waals surface area contributed by atoms with Crippen molar-refractivity contribution in [2.75, 3.05) is 11.9 Å². The first-order valence-electron chi connectivity index (χ1n) is 5.07. The van der Waals surface area contributed by atoms with Gasteiger partial charge in [-0.2, -0.15) is 0 Å². The molecule has 1 aromatic carbocycles. The second-order valence-electron chi connectivity index (χ2n) is 3.66. The van der Waals surface area contributed by atoms with Gasteiger partial charge in [-0.1, -0.05) is 12.1 Å².